The van der Waals surface area contributed by atoms with Gasteiger partial charge in [0.15, 0.2) is 0 Å². The van der Waals surface area contributed by atoms with E-state index in [2.05, 4.69) is 17.2 Å². The first-order valence-electron chi connectivity index (χ1n) is 7.44. The fourth-order valence-corrected chi connectivity index (χ4v) is 2.60. The summed E-state index contributed by atoms with van der Waals surface area (Å²) in [5, 5.41) is 4.62. The number of nitrogens with one attached hydrogen (secondary N) is 1. The number of hydrogen-bond acceptors (Lipinski definition) is 3. The van der Waals surface area contributed by atoms with E-state index >= 15 is 0 Å². The molecule has 0 radical (unpaired) electrons. The minimum atomic E-state index is -0.0334. The van der Waals surface area contributed by atoms with Gasteiger partial charge in [0.05, 0.1) is 16.9 Å². The Morgan fingerprint density at radius 1 is 1.38 bits per heavy atom. The summed E-state index contributed by atoms with van der Waals surface area (Å²) in [6.45, 7) is 5.14. The summed E-state index contributed by atoms with van der Waals surface area (Å²) in [4.78, 5) is 17.0. The zero-order chi connectivity index (χ0) is 15.4. The van der Waals surface area contributed by atoms with E-state index in [4.69, 9.17) is 11.6 Å². The molecule has 0 unspecified atom stereocenters. The van der Waals surface area contributed by atoms with Crippen LogP contribution in [0.1, 0.15) is 45.0 Å². The molecule has 1 atom stereocenters. The van der Waals surface area contributed by atoms with Crippen molar-refractivity contribution in [1.82, 2.24) is 14.9 Å². The third kappa shape index (κ3) is 3.63. The maximum absolute atomic E-state index is 12.4. The third-order valence-electron chi connectivity index (χ3n) is 3.69. The molecule has 2 aromatic rings. The summed E-state index contributed by atoms with van der Waals surface area (Å²) in [5.41, 5.74) is 0.622. The minimum absolute atomic E-state index is 0.0305. The van der Waals surface area contributed by atoms with Crippen molar-refractivity contribution >= 4 is 22.5 Å². The molecule has 0 saturated carbocycles. The molecule has 1 aromatic heterocycles. The van der Waals surface area contributed by atoms with Crippen LogP contribution in [0.5, 0.6) is 0 Å². The fourth-order valence-electron chi connectivity index (χ4n) is 2.43. The second kappa shape index (κ2) is 7.05. The van der Waals surface area contributed by atoms with Crippen molar-refractivity contribution in [2.45, 2.75) is 39.2 Å². The van der Waals surface area contributed by atoms with Gasteiger partial charge in [0.25, 0.3) is 5.56 Å². The Hall–Kier alpha value is -1.39. The van der Waals surface area contributed by atoms with Crippen LogP contribution in [0.4, 0.5) is 0 Å². The van der Waals surface area contributed by atoms with E-state index in [0.717, 1.165) is 18.8 Å². The average Bonchev–Trinajstić information content (AvgIpc) is 2.47. The lowest BCUT2D eigenvalue weighted by atomic mass is 10.2. The Bertz CT molecular complexity index is 681. The molecule has 1 aromatic carbocycles. The molecule has 0 fully saturated rings. The first kappa shape index (κ1) is 16.0. The molecule has 21 heavy (non-hydrogen) atoms. The molecule has 0 aliphatic heterocycles. The van der Waals surface area contributed by atoms with Crippen LogP contribution in [0.3, 0.4) is 0 Å². The van der Waals surface area contributed by atoms with E-state index in [1.54, 1.807) is 29.8 Å². The molecule has 0 aliphatic rings. The first-order valence-corrected chi connectivity index (χ1v) is 7.82. The Labute approximate surface area is 130 Å². The van der Waals surface area contributed by atoms with E-state index in [9.17, 15) is 4.79 Å². The molecule has 0 saturated heterocycles. The van der Waals surface area contributed by atoms with E-state index < -0.39 is 0 Å². The molecule has 0 spiro atoms. The van der Waals surface area contributed by atoms with Crippen LogP contribution in [0, 0.1) is 0 Å². The largest absolute Gasteiger partial charge is 0.308 e. The molecule has 1 heterocycles. The number of unbranched alkanes of at least 4 members (excludes halogenated alkanes) is 2. The molecule has 0 bridgehead atoms. The van der Waals surface area contributed by atoms with Crippen molar-refractivity contribution in [3.8, 4) is 0 Å². The SMILES string of the molecule is CCCCCN[C@@H](C)c1nc2cc(Cl)ccc2c(=O)n1C. The number of nitrogens with zero attached hydrogens (tertiary/aromatic N) is 2. The maximum Gasteiger partial charge on any atom is 0.261 e. The van der Waals surface area contributed by atoms with Gasteiger partial charge in [-0.15, -0.1) is 0 Å². The molecule has 0 aliphatic carbocycles. The van der Waals surface area contributed by atoms with Gasteiger partial charge in [-0.2, -0.15) is 0 Å². The predicted molar refractivity (Wildman–Crippen MR) is 87.9 cm³/mol. The van der Waals surface area contributed by atoms with Gasteiger partial charge < -0.3 is 5.32 Å². The van der Waals surface area contributed by atoms with Crippen molar-refractivity contribution < 1.29 is 0 Å². The van der Waals surface area contributed by atoms with Gasteiger partial charge in [0, 0.05) is 12.1 Å². The van der Waals surface area contributed by atoms with Crippen molar-refractivity contribution in [3.05, 3.63) is 39.4 Å². The fraction of sp³-hybridized carbons (Fsp3) is 0.500. The van der Waals surface area contributed by atoms with Crippen molar-refractivity contribution in [2.24, 2.45) is 7.05 Å². The molecule has 114 valence electrons. The summed E-state index contributed by atoms with van der Waals surface area (Å²) >= 11 is 6.00. The van der Waals surface area contributed by atoms with Crippen molar-refractivity contribution in [2.75, 3.05) is 6.54 Å². The highest BCUT2D eigenvalue weighted by atomic mass is 35.5. The summed E-state index contributed by atoms with van der Waals surface area (Å²) < 4.78 is 1.62. The summed E-state index contributed by atoms with van der Waals surface area (Å²) in [6.07, 6.45) is 3.54. The van der Waals surface area contributed by atoms with Crippen LogP contribution < -0.4 is 10.9 Å². The van der Waals surface area contributed by atoms with Crippen LogP contribution in [0.25, 0.3) is 10.9 Å². The zero-order valence-electron chi connectivity index (χ0n) is 12.8. The second-order valence-electron chi connectivity index (χ2n) is 5.38. The van der Waals surface area contributed by atoms with Crippen molar-refractivity contribution in [3.63, 3.8) is 0 Å². The van der Waals surface area contributed by atoms with Gasteiger partial charge in [0.2, 0.25) is 0 Å². The number of rotatable bonds is 6. The highest BCUT2D eigenvalue weighted by Gasteiger charge is 2.14. The number of benzene rings is 1. The standard InChI is InChI=1S/C16H22ClN3O/c1-4-5-6-9-18-11(2)15-19-14-10-12(17)7-8-13(14)16(21)20(15)3/h7-8,10-11,18H,4-6,9H2,1-3H3/t11-/m0/s1. The second-order valence-corrected chi connectivity index (χ2v) is 5.81. The first-order chi connectivity index (χ1) is 10.0. The van der Waals surface area contributed by atoms with Crippen LogP contribution in [-0.4, -0.2) is 16.1 Å². The Morgan fingerprint density at radius 2 is 2.14 bits per heavy atom. The highest BCUT2D eigenvalue weighted by molar-refractivity contribution is 6.31. The lowest BCUT2D eigenvalue weighted by molar-refractivity contribution is 0.504. The van der Waals surface area contributed by atoms with Gasteiger partial charge in [-0.1, -0.05) is 31.4 Å². The van der Waals surface area contributed by atoms with E-state index in [0.29, 0.717) is 15.9 Å². The topological polar surface area (TPSA) is 46.9 Å². The smallest absolute Gasteiger partial charge is 0.261 e. The molecule has 5 heteroatoms. The Morgan fingerprint density at radius 3 is 2.86 bits per heavy atom. The monoisotopic (exact) mass is 307 g/mol. The number of fused-ring (bicyclic) bond motifs is 1. The van der Waals surface area contributed by atoms with Crippen LogP contribution in [0.15, 0.2) is 23.0 Å². The van der Waals surface area contributed by atoms with Crippen molar-refractivity contribution in [1.29, 1.82) is 0 Å². The van der Waals surface area contributed by atoms with Crippen LogP contribution in [0.2, 0.25) is 5.02 Å². The van der Waals surface area contributed by atoms with Crippen LogP contribution >= 0.6 is 11.6 Å². The lowest BCUT2D eigenvalue weighted by Crippen LogP contribution is -2.29. The summed E-state index contributed by atoms with van der Waals surface area (Å²) in [5.74, 6) is 0.742. The molecule has 0 amide bonds. The van der Waals surface area contributed by atoms with Gasteiger partial charge >= 0.3 is 0 Å². The molecular weight excluding hydrogens is 286 g/mol. The maximum atomic E-state index is 12.4. The minimum Gasteiger partial charge on any atom is -0.308 e. The van der Waals surface area contributed by atoms with E-state index in [-0.39, 0.29) is 11.6 Å². The average molecular weight is 308 g/mol. The van der Waals surface area contributed by atoms with Gasteiger partial charge in [0.1, 0.15) is 5.82 Å². The summed E-state index contributed by atoms with van der Waals surface area (Å²) in [6, 6.07) is 5.23. The third-order valence-corrected chi connectivity index (χ3v) is 3.93. The summed E-state index contributed by atoms with van der Waals surface area (Å²) in [7, 11) is 1.77. The Kier molecular flexibility index (Phi) is 5.37. The molecule has 1 N–H and O–H groups in total. The quantitative estimate of drug-likeness (QED) is 0.832. The van der Waals surface area contributed by atoms with E-state index in [1.165, 1.54) is 12.8 Å². The number of halogens is 1. The zero-order valence-corrected chi connectivity index (χ0v) is 13.6. The van der Waals surface area contributed by atoms with Gasteiger partial charge in [-0.3, -0.25) is 9.36 Å². The molecule has 2 rings (SSSR count). The number of hydrogen-bond donors (Lipinski definition) is 1. The molecule has 4 nitrogen and oxygen atoms in total. The molecular formula is C16H22ClN3O. The number of aromatic nitrogens is 2. The highest BCUT2D eigenvalue weighted by Crippen LogP contribution is 2.17. The normalized spacial score (nSPS) is 12.8. The predicted octanol–water partition coefficient (Wildman–Crippen LogP) is 3.43. The van der Waals surface area contributed by atoms with Gasteiger partial charge in [-0.05, 0) is 38.1 Å². The Balaban J connectivity index is 2.31. The van der Waals surface area contributed by atoms with Crippen LogP contribution in [-0.2, 0) is 7.05 Å². The van der Waals surface area contributed by atoms with Gasteiger partial charge in [-0.25, -0.2) is 4.98 Å². The lowest BCUT2D eigenvalue weighted by Gasteiger charge is -2.17. The van der Waals surface area contributed by atoms with E-state index in [1.807, 2.05) is 6.92 Å².